The number of carbonyl (C=O) groups is 2. The first kappa shape index (κ1) is 18.1. The number of piperidine rings is 1. The van der Waals surface area contributed by atoms with Crippen LogP contribution in [0.4, 0.5) is 4.79 Å². The van der Waals surface area contributed by atoms with Crippen molar-refractivity contribution in [1.82, 2.24) is 15.5 Å². The number of rotatable bonds is 5. The standard InChI is InChI=1S/C21H35N3O2/c1-2-18-5-3-4-8-24(18)19(25)6-7-22-20(26)23-21-12-15-9-16(13-21)11-17(10-15)14-21/h15-18H,2-14H2,1H3,(H2,22,23,26). The summed E-state index contributed by atoms with van der Waals surface area (Å²) in [7, 11) is 0. The number of amides is 3. The van der Waals surface area contributed by atoms with Crippen LogP contribution in [0.1, 0.15) is 77.6 Å². The molecule has 5 aliphatic rings. The van der Waals surface area contributed by atoms with E-state index in [1.807, 2.05) is 4.90 Å². The molecule has 0 aromatic rings. The van der Waals surface area contributed by atoms with Gasteiger partial charge in [-0.25, -0.2) is 4.79 Å². The van der Waals surface area contributed by atoms with Crippen molar-refractivity contribution in [3.8, 4) is 0 Å². The molecule has 3 amide bonds. The van der Waals surface area contributed by atoms with Crippen LogP contribution in [0.15, 0.2) is 0 Å². The third kappa shape index (κ3) is 3.72. The quantitative estimate of drug-likeness (QED) is 0.788. The predicted octanol–water partition coefficient (Wildman–Crippen LogP) is 3.44. The third-order valence-corrected chi connectivity index (χ3v) is 7.46. The van der Waals surface area contributed by atoms with E-state index in [-0.39, 0.29) is 17.5 Å². The van der Waals surface area contributed by atoms with Crippen LogP contribution in [0, 0.1) is 17.8 Å². The van der Waals surface area contributed by atoms with E-state index in [0.29, 0.717) is 19.0 Å². The van der Waals surface area contributed by atoms with Crippen molar-refractivity contribution in [1.29, 1.82) is 0 Å². The second kappa shape index (κ2) is 7.40. The Balaban J connectivity index is 1.23. The van der Waals surface area contributed by atoms with Crippen LogP contribution in [-0.2, 0) is 4.79 Å². The molecule has 0 spiro atoms. The number of nitrogens with one attached hydrogen (secondary N) is 2. The van der Waals surface area contributed by atoms with Crippen LogP contribution in [0.5, 0.6) is 0 Å². The van der Waals surface area contributed by atoms with Crippen LogP contribution in [0.2, 0.25) is 0 Å². The maximum Gasteiger partial charge on any atom is 0.315 e. The molecule has 1 aliphatic heterocycles. The van der Waals surface area contributed by atoms with E-state index in [1.54, 1.807) is 0 Å². The minimum atomic E-state index is -0.0644. The van der Waals surface area contributed by atoms with Gasteiger partial charge in [0, 0.05) is 31.1 Å². The fourth-order valence-corrected chi connectivity index (χ4v) is 6.73. The summed E-state index contributed by atoms with van der Waals surface area (Å²) in [5.74, 6) is 2.68. The van der Waals surface area contributed by atoms with E-state index in [4.69, 9.17) is 0 Å². The Morgan fingerprint density at radius 2 is 1.69 bits per heavy atom. The molecule has 26 heavy (non-hydrogen) atoms. The molecule has 1 heterocycles. The Labute approximate surface area is 157 Å². The molecule has 4 bridgehead atoms. The Morgan fingerprint density at radius 3 is 2.31 bits per heavy atom. The zero-order chi connectivity index (χ0) is 18.1. The molecule has 0 aromatic carbocycles. The fraction of sp³-hybridized carbons (Fsp3) is 0.905. The van der Waals surface area contributed by atoms with Gasteiger partial charge in [-0.3, -0.25) is 4.79 Å². The van der Waals surface area contributed by atoms with Crippen molar-refractivity contribution in [3.05, 3.63) is 0 Å². The van der Waals surface area contributed by atoms with Gasteiger partial charge in [-0.1, -0.05) is 6.92 Å². The summed E-state index contributed by atoms with van der Waals surface area (Å²) in [5.41, 5.74) is 0.0447. The maximum absolute atomic E-state index is 12.5. The normalized spacial score (nSPS) is 38.3. The zero-order valence-electron chi connectivity index (χ0n) is 16.3. The first-order valence-corrected chi connectivity index (χ1v) is 10.9. The number of nitrogens with zero attached hydrogens (tertiary/aromatic N) is 1. The van der Waals surface area contributed by atoms with E-state index in [9.17, 15) is 9.59 Å². The van der Waals surface area contributed by atoms with Gasteiger partial charge in [-0.2, -0.15) is 0 Å². The van der Waals surface area contributed by atoms with E-state index in [0.717, 1.165) is 62.8 Å². The van der Waals surface area contributed by atoms with E-state index < -0.39 is 0 Å². The van der Waals surface area contributed by atoms with Crippen LogP contribution >= 0.6 is 0 Å². The summed E-state index contributed by atoms with van der Waals surface area (Å²) in [4.78, 5) is 27.0. The molecular formula is C21H35N3O2. The topological polar surface area (TPSA) is 61.4 Å². The highest BCUT2D eigenvalue weighted by Crippen LogP contribution is 2.55. The molecule has 2 N–H and O–H groups in total. The molecule has 5 nitrogen and oxygen atoms in total. The molecule has 146 valence electrons. The second-order valence-electron chi connectivity index (χ2n) is 9.47. The molecule has 0 radical (unpaired) electrons. The molecular weight excluding hydrogens is 326 g/mol. The van der Waals surface area contributed by atoms with E-state index in [1.165, 1.54) is 25.7 Å². The van der Waals surface area contributed by atoms with Crippen molar-refractivity contribution in [2.45, 2.75) is 89.1 Å². The fourth-order valence-electron chi connectivity index (χ4n) is 6.73. The van der Waals surface area contributed by atoms with Gasteiger partial charge in [0.15, 0.2) is 0 Å². The number of hydrogen-bond acceptors (Lipinski definition) is 2. The third-order valence-electron chi connectivity index (χ3n) is 7.46. The summed E-state index contributed by atoms with van der Waals surface area (Å²) in [6, 6.07) is 0.336. The molecule has 5 heteroatoms. The highest BCUT2D eigenvalue weighted by molar-refractivity contribution is 5.79. The molecule has 1 unspecified atom stereocenters. The maximum atomic E-state index is 12.5. The van der Waals surface area contributed by atoms with Crippen LogP contribution in [-0.4, -0.2) is 41.5 Å². The summed E-state index contributed by atoms with van der Waals surface area (Å²) in [6.45, 7) is 3.49. The minimum absolute atomic E-state index is 0.0447. The van der Waals surface area contributed by atoms with Crippen molar-refractivity contribution in [2.24, 2.45) is 17.8 Å². The highest BCUT2D eigenvalue weighted by Gasteiger charge is 2.51. The Morgan fingerprint density at radius 1 is 1.04 bits per heavy atom. The largest absolute Gasteiger partial charge is 0.340 e. The van der Waals surface area contributed by atoms with Gasteiger partial charge in [0.25, 0.3) is 0 Å². The lowest BCUT2D eigenvalue weighted by Crippen LogP contribution is -2.61. The van der Waals surface area contributed by atoms with Crippen LogP contribution < -0.4 is 10.6 Å². The minimum Gasteiger partial charge on any atom is -0.340 e. The second-order valence-corrected chi connectivity index (χ2v) is 9.47. The number of carbonyl (C=O) groups excluding carboxylic acids is 2. The summed E-state index contributed by atoms with van der Waals surface area (Å²) < 4.78 is 0. The van der Waals surface area contributed by atoms with Crippen molar-refractivity contribution in [2.75, 3.05) is 13.1 Å². The zero-order valence-corrected chi connectivity index (χ0v) is 16.3. The molecule has 0 aromatic heterocycles. The average Bonchev–Trinajstić information content (AvgIpc) is 2.59. The first-order chi connectivity index (χ1) is 12.6. The molecule has 4 saturated carbocycles. The Bertz CT molecular complexity index is 512. The molecule has 1 saturated heterocycles. The van der Waals surface area contributed by atoms with Gasteiger partial charge in [0.05, 0.1) is 0 Å². The molecule has 1 atom stereocenters. The number of likely N-dealkylation sites (tertiary alicyclic amines) is 1. The smallest absolute Gasteiger partial charge is 0.315 e. The van der Waals surface area contributed by atoms with E-state index >= 15 is 0 Å². The SMILES string of the molecule is CCC1CCCCN1C(=O)CCNC(=O)NC12CC3CC(CC(C3)C1)C2. The van der Waals surface area contributed by atoms with Gasteiger partial charge in [0.2, 0.25) is 5.91 Å². The highest BCUT2D eigenvalue weighted by atomic mass is 16.2. The van der Waals surface area contributed by atoms with Gasteiger partial charge in [0.1, 0.15) is 0 Å². The average molecular weight is 362 g/mol. The van der Waals surface area contributed by atoms with Gasteiger partial charge < -0.3 is 15.5 Å². The van der Waals surface area contributed by atoms with Crippen molar-refractivity contribution >= 4 is 11.9 Å². The number of hydrogen-bond donors (Lipinski definition) is 2. The lowest BCUT2D eigenvalue weighted by atomic mass is 9.53. The van der Waals surface area contributed by atoms with Crippen LogP contribution in [0.25, 0.3) is 0 Å². The van der Waals surface area contributed by atoms with E-state index in [2.05, 4.69) is 17.6 Å². The van der Waals surface area contributed by atoms with Gasteiger partial charge in [-0.15, -0.1) is 0 Å². The monoisotopic (exact) mass is 361 g/mol. The molecule has 5 rings (SSSR count). The Hall–Kier alpha value is -1.26. The van der Waals surface area contributed by atoms with Crippen molar-refractivity contribution in [3.63, 3.8) is 0 Å². The van der Waals surface area contributed by atoms with Gasteiger partial charge in [-0.05, 0) is 82.0 Å². The lowest BCUT2D eigenvalue weighted by Gasteiger charge is -2.56. The summed E-state index contributed by atoms with van der Waals surface area (Å²) in [6.07, 6.45) is 12.6. The van der Waals surface area contributed by atoms with Crippen LogP contribution in [0.3, 0.4) is 0 Å². The first-order valence-electron chi connectivity index (χ1n) is 10.9. The summed E-state index contributed by atoms with van der Waals surface area (Å²) in [5, 5.41) is 6.29. The molecule has 4 aliphatic carbocycles. The molecule has 5 fully saturated rings. The van der Waals surface area contributed by atoms with Gasteiger partial charge >= 0.3 is 6.03 Å². The summed E-state index contributed by atoms with van der Waals surface area (Å²) >= 11 is 0. The number of urea groups is 1. The predicted molar refractivity (Wildman–Crippen MR) is 102 cm³/mol. The Kier molecular flexibility index (Phi) is 5.15. The lowest BCUT2D eigenvalue weighted by molar-refractivity contribution is -0.134. The van der Waals surface area contributed by atoms with Crippen molar-refractivity contribution < 1.29 is 9.59 Å².